The van der Waals surface area contributed by atoms with E-state index in [1.807, 2.05) is 26.8 Å². The molecule has 0 spiro atoms. The number of hydrogen-bond acceptors (Lipinski definition) is 2. The predicted octanol–water partition coefficient (Wildman–Crippen LogP) is 3.76. The molecule has 0 saturated carbocycles. The van der Waals surface area contributed by atoms with Crippen LogP contribution in [0.3, 0.4) is 0 Å². The van der Waals surface area contributed by atoms with E-state index in [1.165, 1.54) is 12.1 Å². The molecule has 2 rings (SSSR count). The molecule has 1 atom stereocenters. The van der Waals surface area contributed by atoms with E-state index in [1.54, 1.807) is 12.1 Å². The predicted molar refractivity (Wildman–Crippen MR) is 80.4 cm³/mol. The van der Waals surface area contributed by atoms with E-state index in [0.717, 1.165) is 22.4 Å². The highest BCUT2D eigenvalue weighted by Gasteiger charge is 2.27. The monoisotopic (exact) mass is 273 g/mol. The first-order valence-electron chi connectivity index (χ1n) is 6.67. The van der Waals surface area contributed by atoms with Crippen LogP contribution in [0.15, 0.2) is 42.5 Å². The van der Waals surface area contributed by atoms with Crippen molar-refractivity contribution in [2.75, 3.05) is 11.9 Å². The Morgan fingerprint density at radius 3 is 2.35 bits per heavy atom. The van der Waals surface area contributed by atoms with Gasteiger partial charge in [0.25, 0.3) is 0 Å². The normalized spacial score (nSPS) is 13.8. The number of aliphatic hydroxyl groups excluding tert-OH is 1. The van der Waals surface area contributed by atoms with Gasteiger partial charge in [-0.05, 0) is 56.2 Å². The van der Waals surface area contributed by atoms with Crippen molar-refractivity contribution in [2.45, 2.75) is 26.3 Å². The van der Waals surface area contributed by atoms with Crippen molar-refractivity contribution in [3.8, 4) is 0 Å². The molecule has 20 heavy (non-hydrogen) atoms. The van der Waals surface area contributed by atoms with Crippen molar-refractivity contribution in [3.05, 3.63) is 65.0 Å². The molecule has 1 unspecified atom stereocenters. The molecule has 2 aromatic carbocycles. The standard InChI is InChI=1S/C17H20FNO/c1-12-4-5-13(2)16(10-12)17(3,11-20)19-15-8-6-14(18)7-9-15/h4-10,19-20H,11H2,1-3H3. The van der Waals surface area contributed by atoms with Crippen LogP contribution in [0, 0.1) is 19.7 Å². The Morgan fingerprint density at radius 2 is 1.75 bits per heavy atom. The maximum absolute atomic E-state index is 13.0. The molecule has 2 N–H and O–H groups in total. The summed E-state index contributed by atoms with van der Waals surface area (Å²) in [7, 11) is 0. The summed E-state index contributed by atoms with van der Waals surface area (Å²) in [5, 5.41) is 13.1. The van der Waals surface area contributed by atoms with E-state index < -0.39 is 5.54 Å². The fourth-order valence-corrected chi connectivity index (χ4v) is 2.37. The lowest BCUT2D eigenvalue weighted by Crippen LogP contribution is -2.36. The molecule has 0 fully saturated rings. The van der Waals surface area contributed by atoms with Gasteiger partial charge < -0.3 is 10.4 Å². The Kier molecular flexibility index (Phi) is 4.09. The van der Waals surface area contributed by atoms with Crippen LogP contribution in [0.2, 0.25) is 0 Å². The highest BCUT2D eigenvalue weighted by atomic mass is 19.1. The third kappa shape index (κ3) is 2.99. The summed E-state index contributed by atoms with van der Waals surface area (Å²) in [6.45, 7) is 5.94. The average Bonchev–Trinajstić information content (AvgIpc) is 2.44. The lowest BCUT2D eigenvalue weighted by atomic mass is 9.87. The molecule has 0 amide bonds. The Bertz CT molecular complexity index is 594. The highest BCUT2D eigenvalue weighted by molar-refractivity contribution is 5.49. The van der Waals surface area contributed by atoms with E-state index in [-0.39, 0.29) is 12.4 Å². The molecule has 0 aliphatic carbocycles. The first-order valence-corrected chi connectivity index (χ1v) is 6.67. The van der Waals surface area contributed by atoms with Gasteiger partial charge in [0.05, 0.1) is 12.1 Å². The number of benzene rings is 2. The maximum atomic E-state index is 13.0. The van der Waals surface area contributed by atoms with Gasteiger partial charge >= 0.3 is 0 Å². The molecule has 3 heteroatoms. The topological polar surface area (TPSA) is 32.3 Å². The van der Waals surface area contributed by atoms with Crippen LogP contribution in [0.1, 0.15) is 23.6 Å². The van der Waals surface area contributed by atoms with Crippen LogP contribution in [0.5, 0.6) is 0 Å². The van der Waals surface area contributed by atoms with Gasteiger partial charge in [0.1, 0.15) is 5.82 Å². The van der Waals surface area contributed by atoms with Crippen molar-refractivity contribution >= 4 is 5.69 Å². The summed E-state index contributed by atoms with van der Waals surface area (Å²) in [4.78, 5) is 0. The van der Waals surface area contributed by atoms with Gasteiger partial charge in [-0.15, -0.1) is 0 Å². The summed E-state index contributed by atoms with van der Waals surface area (Å²) in [6, 6.07) is 12.3. The molecule has 0 bridgehead atoms. The molecule has 0 radical (unpaired) electrons. The van der Waals surface area contributed by atoms with Gasteiger partial charge in [-0.1, -0.05) is 23.8 Å². The third-order valence-corrected chi connectivity index (χ3v) is 3.57. The minimum Gasteiger partial charge on any atom is -0.394 e. The zero-order chi connectivity index (χ0) is 14.8. The Morgan fingerprint density at radius 1 is 1.10 bits per heavy atom. The maximum Gasteiger partial charge on any atom is 0.123 e. The molecule has 0 saturated heterocycles. The number of aryl methyl sites for hydroxylation is 2. The highest BCUT2D eigenvalue weighted by Crippen LogP contribution is 2.29. The summed E-state index contributed by atoms with van der Waals surface area (Å²) < 4.78 is 13.0. The van der Waals surface area contributed by atoms with Crippen LogP contribution < -0.4 is 5.32 Å². The Balaban J connectivity index is 2.37. The average molecular weight is 273 g/mol. The van der Waals surface area contributed by atoms with E-state index in [0.29, 0.717) is 0 Å². The van der Waals surface area contributed by atoms with Crippen molar-refractivity contribution in [1.29, 1.82) is 0 Å². The van der Waals surface area contributed by atoms with Gasteiger partial charge in [0, 0.05) is 5.69 Å². The summed E-state index contributed by atoms with van der Waals surface area (Å²) in [5.74, 6) is -0.270. The molecular weight excluding hydrogens is 253 g/mol. The fourth-order valence-electron chi connectivity index (χ4n) is 2.37. The zero-order valence-electron chi connectivity index (χ0n) is 12.1. The second-order valence-corrected chi connectivity index (χ2v) is 5.44. The Hall–Kier alpha value is -1.87. The minimum absolute atomic E-state index is 0.0470. The first-order chi connectivity index (χ1) is 9.44. The largest absolute Gasteiger partial charge is 0.394 e. The fraction of sp³-hybridized carbons (Fsp3) is 0.294. The lowest BCUT2D eigenvalue weighted by Gasteiger charge is -2.32. The lowest BCUT2D eigenvalue weighted by molar-refractivity contribution is 0.223. The molecule has 106 valence electrons. The Labute approximate surface area is 119 Å². The van der Waals surface area contributed by atoms with E-state index in [9.17, 15) is 9.50 Å². The van der Waals surface area contributed by atoms with E-state index >= 15 is 0 Å². The molecule has 0 aliphatic rings. The number of anilines is 1. The van der Waals surface area contributed by atoms with Crippen LogP contribution in [-0.2, 0) is 5.54 Å². The molecule has 0 aromatic heterocycles. The van der Waals surface area contributed by atoms with E-state index in [4.69, 9.17) is 0 Å². The second kappa shape index (κ2) is 5.63. The van der Waals surface area contributed by atoms with Crippen molar-refractivity contribution in [2.24, 2.45) is 0 Å². The van der Waals surface area contributed by atoms with Crippen LogP contribution in [-0.4, -0.2) is 11.7 Å². The first kappa shape index (κ1) is 14.5. The summed E-state index contributed by atoms with van der Waals surface area (Å²) in [5.41, 5.74) is 3.48. The second-order valence-electron chi connectivity index (χ2n) is 5.44. The van der Waals surface area contributed by atoms with Crippen LogP contribution in [0.4, 0.5) is 10.1 Å². The van der Waals surface area contributed by atoms with Gasteiger partial charge in [0.15, 0.2) is 0 Å². The minimum atomic E-state index is -0.603. The smallest absolute Gasteiger partial charge is 0.123 e. The summed E-state index contributed by atoms with van der Waals surface area (Å²) in [6.07, 6.45) is 0. The quantitative estimate of drug-likeness (QED) is 0.889. The van der Waals surface area contributed by atoms with Crippen LogP contribution >= 0.6 is 0 Å². The molecule has 2 aromatic rings. The third-order valence-electron chi connectivity index (χ3n) is 3.57. The number of rotatable bonds is 4. The number of aliphatic hydroxyl groups is 1. The SMILES string of the molecule is Cc1ccc(C)c(C(C)(CO)Nc2ccc(F)cc2)c1. The van der Waals surface area contributed by atoms with Gasteiger partial charge in [-0.25, -0.2) is 4.39 Å². The zero-order valence-corrected chi connectivity index (χ0v) is 12.1. The van der Waals surface area contributed by atoms with Crippen molar-refractivity contribution < 1.29 is 9.50 Å². The van der Waals surface area contributed by atoms with Gasteiger partial charge in [-0.2, -0.15) is 0 Å². The van der Waals surface area contributed by atoms with Gasteiger partial charge in [0.2, 0.25) is 0 Å². The molecule has 2 nitrogen and oxygen atoms in total. The van der Waals surface area contributed by atoms with Crippen LogP contribution in [0.25, 0.3) is 0 Å². The number of hydrogen-bond donors (Lipinski definition) is 2. The van der Waals surface area contributed by atoms with Crippen molar-refractivity contribution in [1.82, 2.24) is 0 Å². The van der Waals surface area contributed by atoms with Gasteiger partial charge in [-0.3, -0.25) is 0 Å². The molecular formula is C17H20FNO. The van der Waals surface area contributed by atoms with E-state index in [2.05, 4.69) is 17.4 Å². The molecule has 0 aliphatic heterocycles. The summed E-state index contributed by atoms with van der Waals surface area (Å²) >= 11 is 0. The number of halogens is 1. The number of nitrogens with one attached hydrogen (secondary N) is 1. The molecule has 0 heterocycles. The van der Waals surface area contributed by atoms with Crippen molar-refractivity contribution in [3.63, 3.8) is 0 Å².